The van der Waals surface area contributed by atoms with Crippen LogP contribution in [0.4, 0.5) is 0 Å². The Bertz CT molecular complexity index is 1590. The number of nitrogens with one attached hydrogen (secondary N) is 1. The van der Waals surface area contributed by atoms with E-state index in [1.54, 1.807) is 36.4 Å². The number of furan rings is 1. The van der Waals surface area contributed by atoms with Crippen LogP contribution in [0.1, 0.15) is 34.5 Å². The third-order valence-corrected chi connectivity index (χ3v) is 7.31. The molecule has 1 aliphatic carbocycles. The minimum absolute atomic E-state index is 0.105. The smallest absolute Gasteiger partial charge is 0.234 e. The SMILES string of the molecule is O=C(c1cc2cc(Cl)ccc2o1)c1c(O)[nH]c2cc(Cl)c(-c3ccc(C4(CO)CC4)cc3)cc12. The number of benzene rings is 3. The van der Waals surface area contributed by atoms with E-state index in [4.69, 9.17) is 27.6 Å². The van der Waals surface area contributed by atoms with Gasteiger partial charge in [-0.2, -0.15) is 0 Å². The van der Waals surface area contributed by atoms with Crippen LogP contribution in [0.5, 0.6) is 5.88 Å². The van der Waals surface area contributed by atoms with Crippen molar-refractivity contribution in [1.82, 2.24) is 4.98 Å². The van der Waals surface area contributed by atoms with E-state index >= 15 is 0 Å². The predicted octanol–water partition coefficient (Wildman–Crippen LogP) is 6.85. The van der Waals surface area contributed by atoms with Gasteiger partial charge in [-0.05, 0) is 60.4 Å². The quantitative estimate of drug-likeness (QED) is 0.234. The van der Waals surface area contributed by atoms with E-state index < -0.39 is 5.78 Å². The second-order valence-corrected chi connectivity index (χ2v) is 9.71. The van der Waals surface area contributed by atoms with Crippen LogP contribution in [0.25, 0.3) is 33.0 Å². The summed E-state index contributed by atoms with van der Waals surface area (Å²) in [5.74, 6) is -0.591. The molecule has 0 bridgehead atoms. The number of aliphatic hydroxyl groups excluding tert-OH is 1. The highest BCUT2D eigenvalue weighted by molar-refractivity contribution is 6.34. The first-order valence-corrected chi connectivity index (χ1v) is 11.6. The van der Waals surface area contributed by atoms with Crippen LogP contribution in [0.15, 0.2) is 65.1 Å². The first-order chi connectivity index (χ1) is 16.4. The van der Waals surface area contributed by atoms with E-state index in [0.29, 0.717) is 31.9 Å². The molecule has 0 spiro atoms. The van der Waals surface area contributed by atoms with Gasteiger partial charge >= 0.3 is 0 Å². The van der Waals surface area contributed by atoms with Gasteiger partial charge in [-0.15, -0.1) is 0 Å². The average molecular weight is 492 g/mol. The molecule has 0 amide bonds. The van der Waals surface area contributed by atoms with Crippen LogP contribution >= 0.6 is 23.2 Å². The number of aromatic amines is 1. The van der Waals surface area contributed by atoms with E-state index in [0.717, 1.165) is 29.5 Å². The first-order valence-electron chi connectivity index (χ1n) is 10.9. The predicted molar refractivity (Wildman–Crippen MR) is 133 cm³/mol. The van der Waals surface area contributed by atoms with Gasteiger partial charge in [-0.25, -0.2) is 0 Å². The number of aliphatic hydroxyl groups is 1. The number of fused-ring (bicyclic) bond motifs is 2. The lowest BCUT2D eigenvalue weighted by Gasteiger charge is -2.13. The van der Waals surface area contributed by atoms with E-state index in [1.165, 1.54) is 0 Å². The van der Waals surface area contributed by atoms with Crippen molar-refractivity contribution in [3.63, 3.8) is 0 Å². The van der Waals surface area contributed by atoms with Crippen molar-refractivity contribution < 1.29 is 19.4 Å². The minimum Gasteiger partial charge on any atom is -0.494 e. The summed E-state index contributed by atoms with van der Waals surface area (Å²) >= 11 is 12.6. The van der Waals surface area contributed by atoms with E-state index in [-0.39, 0.29) is 29.2 Å². The summed E-state index contributed by atoms with van der Waals surface area (Å²) in [7, 11) is 0. The molecule has 34 heavy (non-hydrogen) atoms. The molecule has 3 N–H and O–H groups in total. The summed E-state index contributed by atoms with van der Waals surface area (Å²) in [4.78, 5) is 16.2. The van der Waals surface area contributed by atoms with Crippen molar-refractivity contribution in [3.05, 3.63) is 87.6 Å². The lowest BCUT2D eigenvalue weighted by atomic mass is 9.94. The Morgan fingerprint density at radius 3 is 2.50 bits per heavy atom. The molecule has 1 aliphatic rings. The summed E-state index contributed by atoms with van der Waals surface area (Å²) in [6.07, 6.45) is 1.97. The summed E-state index contributed by atoms with van der Waals surface area (Å²) in [5, 5.41) is 22.6. The average Bonchev–Trinajstić information content (AvgIpc) is 3.41. The second-order valence-electron chi connectivity index (χ2n) is 8.86. The molecule has 7 heteroatoms. The highest BCUT2D eigenvalue weighted by atomic mass is 35.5. The van der Waals surface area contributed by atoms with Crippen molar-refractivity contribution in [1.29, 1.82) is 0 Å². The van der Waals surface area contributed by atoms with Gasteiger partial charge in [0.25, 0.3) is 0 Å². The van der Waals surface area contributed by atoms with Gasteiger partial charge in [0.05, 0.1) is 22.7 Å². The number of H-pyrrole nitrogens is 1. The molecule has 2 aromatic heterocycles. The Balaban J connectivity index is 1.44. The third-order valence-electron chi connectivity index (χ3n) is 6.76. The molecule has 0 saturated heterocycles. The molecule has 1 fully saturated rings. The number of aromatic nitrogens is 1. The fraction of sp³-hybridized carbons (Fsp3) is 0.148. The van der Waals surface area contributed by atoms with E-state index in [9.17, 15) is 15.0 Å². The van der Waals surface area contributed by atoms with Crippen molar-refractivity contribution in [3.8, 4) is 17.0 Å². The van der Waals surface area contributed by atoms with Crippen molar-refractivity contribution in [2.45, 2.75) is 18.3 Å². The zero-order valence-electron chi connectivity index (χ0n) is 17.9. The van der Waals surface area contributed by atoms with Gasteiger partial charge in [0, 0.05) is 26.8 Å². The maximum absolute atomic E-state index is 13.4. The number of rotatable bonds is 5. The molecule has 0 radical (unpaired) electrons. The summed E-state index contributed by atoms with van der Waals surface area (Å²) in [5.41, 5.74) is 3.80. The van der Waals surface area contributed by atoms with Crippen LogP contribution < -0.4 is 0 Å². The molecule has 6 rings (SSSR count). The van der Waals surface area contributed by atoms with Crippen molar-refractivity contribution in [2.24, 2.45) is 0 Å². The summed E-state index contributed by atoms with van der Waals surface area (Å²) in [6, 6.07) is 18.2. The molecule has 5 aromatic rings. The Morgan fingerprint density at radius 1 is 1.03 bits per heavy atom. The second kappa shape index (κ2) is 7.64. The molecule has 1 saturated carbocycles. The molecule has 0 atom stereocenters. The van der Waals surface area contributed by atoms with Crippen LogP contribution in [0.2, 0.25) is 10.0 Å². The number of carbonyl (C=O) groups is 1. The standard InChI is InChI=1S/C27H19Cl2NO4/c28-17-5-6-22-15(9-17)10-23(34-22)25(32)24-19-11-18(20(29)12-21(19)30-26(24)33)14-1-3-16(4-2-14)27(13-31)7-8-27/h1-6,9-12,30-31,33H,7-8,13H2. The van der Waals surface area contributed by atoms with Gasteiger partial charge in [0.15, 0.2) is 5.76 Å². The van der Waals surface area contributed by atoms with Crippen LogP contribution in [-0.2, 0) is 5.41 Å². The highest BCUT2D eigenvalue weighted by Gasteiger charge is 2.43. The van der Waals surface area contributed by atoms with Gasteiger partial charge in [-0.3, -0.25) is 4.79 Å². The first kappa shape index (κ1) is 21.3. The number of aromatic hydroxyl groups is 1. The monoisotopic (exact) mass is 491 g/mol. The maximum Gasteiger partial charge on any atom is 0.234 e. The van der Waals surface area contributed by atoms with Gasteiger partial charge in [-0.1, -0.05) is 47.5 Å². The zero-order valence-corrected chi connectivity index (χ0v) is 19.4. The Morgan fingerprint density at radius 2 is 1.79 bits per heavy atom. The van der Waals surface area contributed by atoms with Crippen molar-refractivity contribution >= 4 is 50.9 Å². The van der Waals surface area contributed by atoms with Crippen molar-refractivity contribution in [2.75, 3.05) is 6.61 Å². The maximum atomic E-state index is 13.4. The Hall–Kier alpha value is -3.25. The van der Waals surface area contributed by atoms with E-state index in [1.807, 2.05) is 24.3 Å². The molecule has 2 heterocycles. The largest absolute Gasteiger partial charge is 0.494 e. The topological polar surface area (TPSA) is 86.5 Å². The minimum atomic E-state index is -0.446. The van der Waals surface area contributed by atoms with Crippen LogP contribution in [0.3, 0.4) is 0 Å². The molecule has 0 unspecified atom stereocenters. The lowest BCUT2D eigenvalue weighted by Crippen LogP contribution is -2.11. The van der Waals surface area contributed by atoms with Crippen LogP contribution in [0, 0.1) is 0 Å². The molecule has 3 aromatic carbocycles. The summed E-state index contributed by atoms with van der Waals surface area (Å²) in [6.45, 7) is 0.140. The zero-order chi connectivity index (χ0) is 23.6. The third kappa shape index (κ3) is 3.31. The Labute approximate surface area is 204 Å². The number of carbonyl (C=O) groups excluding carboxylic acids is 1. The number of hydrogen-bond acceptors (Lipinski definition) is 4. The number of hydrogen-bond donors (Lipinski definition) is 3. The molecular weight excluding hydrogens is 473 g/mol. The Kier molecular flexibility index (Phi) is 4.78. The molecule has 5 nitrogen and oxygen atoms in total. The van der Waals surface area contributed by atoms with Gasteiger partial charge in [0.2, 0.25) is 11.7 Å². The fourth-order valence-electron chi connectivity index (χ4n) is 4.59. The number of ketones is 1. The van der Waals surface area contributed by atoms with E-state index in [2.05, 4.69) is 4.98 Å². The van der Waals surface area contributed by atoms with Gasteiger partial charge in [0.1, 0.15) is 5.58 Å². The van der Waals surface area contributed by atoms with Gasteiger partial charge < -0.3 is 19.6 Å². The number of halogens is 2. The summed E-state index contributed by atoms with van der Waals surface area (Å²) < 4.78 is 5.73. The lowest BCUT2D eigenvalue weighted by molar-refractivity contribution is 0.101. The highest BCUT2D eigenvalue weighted by Crippen LogP contribution is 2.48. The van der Waals surface area contributed by atoms with Crippen LogP contribution in [-0.4, -0.2) is 27.6 Å². The molecule has 0 aliphatic heterocycles. The fourth-order valence-corrected chi connectivity index (χ4v) is 5.05. The molecular formula is C27H19Cl2NO4. The molecule has 170 valence electrons. The normalized spacial score (nSPS) is 14.7.